The Morgan fingerprint density at radius 2 is 1.75 bits per heavy atom. The average Bonchev–Trinajstić information content (AvgIpc) is 2.26. The van der Waals surface area contributed by atoms with E-state index < -0.39 is 0 Å². The molecule has 0 fully saturated rings. The zero-order chi connectivity index (χ0) is 12.0. The second-order valence-corrected chi connectivity index (χ2v) is 4.61. The molecule has 1 aromatic carbocycles. The standard InChI is InChI=1S/C14H23NO/c1-5-16-15-12(4)14-8-6-13(7-9-14)10-11(2)3/h6-9,11-12,15H,5,10H2,1-4H3. The summed E-state index contributed by atoms with van der Waals surface area (Å²) >= 11 is 0. The van der Waals surface area contributed by atoms with E-state index in [1.165, 1.54) is 11.1 Å². The van der Waals surface area contributed by atoms with Gasteiger partial charge < -0.3 is 4.84 Å². The molecule has 1 unspecified atom stereocenters. The second kappa shape index (κ2) is 6.66. The van der Waals surface area contributed by atoms with Crippen molar-refractivity contribution in [1.29, 1.82) is 0 Å². The van der Waals surface area contributed by atoms with Crippen LogP contribution in [0.1, 0.15) is 44.9 Å². The fourth-order valence-corrected chi connectivity index (χ4v) is 1.69. The second-order valence-electron chi connectivity index (χ2n) is 4.61. The monoisotopic (exact) mass is 221 g/mol. The van der Waals surface area contributed by atoms with E-state index in [0.717, 1.165) is 6.42 Å². The van der Waals surface area contributed by atoms with Gasteiger partial charge >= 0.3 is 0 Å². The van der Waals surface area contributed by atoms with E-state index in [2.05, 4.69) is 50.5 Å². The Kier molecular flexibility index (Phi) is 5.50. The highest BCUT2D eigenvalue weighted by atomic mass is 16.6. The molecule has 1 aromatic rings. The Bertz CT molecular complexity index is 292. The van der Waals surface area contributed by atoms with Crippen LogP contribution in [0.3, 0.4) is 0 Å². The van der Waals surface area contributed by atoms with Crippen LogP contribution in [0, 0.1) is 5.92 Å². The molecule has 0 radical (unpaired) electrons. The van der Waals surface area contributed by atoms with Crippen LogP contribution in [-0.2, 0) is 11.3 Å². The first-order valence-electron chi connectivity index (χ1n) is 6.09. The van der Waals surface area contributed by atoms with Crippen molar-refractivity contribution in [3.63, 3.8) is 0 Å². The van der Waals surface area contributed by atoms with E-state index in [1.54, 1.807) is 0 Å². The van der Waals surface area contributed by atoms with Gasteiger partial charge in [0.2, 0.25) is 0 Å². The molecule has 16 heavy (non-hydrogen) atoms. The van der Waals surface area contributed by atoms with Crippen molar-refractivity contribution in [2.45, 2.75) is 40.2 Å². The summed E-state index contributed by atoms with van der Waals surface area (Å²) in [6.07, 6.45) is 1.15. The molecule has 0 saturated heterocycles. The Morgan fingerprint density at radius 1 is 1.12 bits per heavy atom. The van der Waals surface area contributed by atoms with Crippen LogP contribution in [0.4, 0.5) is 0 Å². The lowest BCUT2D eigenvalue weighted by Crippen LogP contribution is -2.18. The van der Waals surface area contributed by atoms with Gasteiger partial charge in [-0.25, -0.2) is 0 Å². The van der Waals surface area contributed by atoms with Crippen molar-refractivity contribution in [3.8, 4) is 0 Å². The van der Waals surface area contributed by atoms with Gasteiger partial charge in [-0.15, -0.1) is 0 Å². The zero-order valence-corrected chi connectivity index (χ0v) is 10.8. The minimum atomic E-state index is 0.244. The normalized spacial score (nSPS) is 13.1. The highest BCUT2D eigenvalue weighted by Crippen LogP contribution is 2.15. The smallest absolute Gasteiger partial charge is 0.0654 e. The fraction of sp³-hybridized carbons (Fsp3) is 0.571. The number of hydroxylamine groups is 1. The van der Waals surface area contributed by atoms with Crippen LogP contribution in [0.15, 0.2) is 24.3 Å². The maximum absolute atomic E-state index is 5.19. The van der Waals surface area contributed by atoms with E-state index in [0.29, 0.717) is 12.5 Å². The van der Waals surface area contributed by atoms with Gasteiger partial charge in [0.1, 0.15) is 0 Å². The molecule has 90 valence electrons. The Balaban J connectivity index is 2.56. The van der Waals surface area contributed by atoms with Crippen molar-refractivity contribution in [1.82, 2.24) is 5.48 Å². The molecule has 2 nitrogen and oxygen atoms in total. The Morgan fingerprint density at radius 3 is 2.25 bits per heavy atom. The molecule has 0 aliphatic heterocycles. The predicted molar refractivity (Wildman–Crippen MR) is 68.2 cm³/mol. The average molecular weight is 221 g/mol. The number of benzene rings is 1. The van der Waals surface area contributed by atoms with Crippen LogP contribution < -0.4 is 5.48 Å². The maximum atomic E-state index is 5.19. The highest BCUT2D eigenvalue weighted by molar-refractivity contribution is 5.24. The van der Waals surface area contributed by atoms with Crippen LogP contribution in [0.25, 0.3) is 0 Å². The van der Waals surface area contributed by atoms with E-state index >= 15 is 0 Å². The molecule has 0 aliphatic rings. The summed E-state index contributed by atoms with van der Waals surface area (Å²) in [4.78, 5) is 5.19. The summed E-state index contributed by atoms with van der Waals surface area (Å²) in [5.74, 6) is 0.713. The molecule has 0 aromatic heterocycles. The molecule has 1 rings (SSSR count). The third kappa shape index (κ3) is 4.33. The van der Waals surface area contributed by atoms with Crippen molar-refractivity contribution in [2.75, 3.05) is 6.61 Å². The summed E-state index contributed by atoms with van der Waals surface area (Å²) in [5, 5.41) is 0. The highest BCUT2D eigenvalue weighted by Gasteiger charge is 2.04. The van der Waals surface area contributed by atoms with Gasteiger partial charge in [0.05, 0.1) is 12.6 Å². The summed E-state index contributed by atoms with van der Waals surface area (Å²) in [6.45, 7) is 9.26. The summed E-state index contributed by atoms with van der Waals surface area (Å²) < 4.78 is 0. The quantitative estimate of drug-likeness (QED) is 0.742. The van der Waals surface area contributed by atoms with Gasteiger partial charge in [0.25, 0.3) is 0 Å². The molecule has 0 spiro atoms. The van der Waals surface area contributed by atoms with Gasteiger partial charge in [0, 0.05) is 0 Å². The largest absolute Gasteiger partial charge is 0.302 e. The van der Waals surface area contributed by atoms with Gasteiger partial charge in [-0.3, -0.25) is 0 Å². The van der Waals surface area contributed by atoms with Crippen molar-refractivity contribution >= 4 is 0 Å². The van der Waals surface area contributed by atoms with Gasteiger partial charge in [-0.05, 0) is 37.3 Å². The van der Waals surface area contributed by atoms with Gasteiger partial charge in [-0.2, -0.15) is 5.48 Å². The lowest BCUT2D eigenvalue weighted by Gasteiger charge is -2.14. The van der Waals surface area contributed by atoms with E-state index in [9.17, 15) is 0 Å². The van der Waals surface area contributed by atoms with Crippen molar-refractivity contribution in [3.05, 3.63) is 35.4 Å². The number of hydrogen-bond donors (Lipinski definition) is 1. The zero-order valence-electron chi connectivity index (χ0n) is 10.8. The fourth-order valence-electron chi connectivity index (χ4n) is 1.69. The van der Waals surface area contributed by atoms with E-state index in [-0.39, 0.29) is 6.04 Å². The number of rotatable bonds is 6. The number of hydrogen-bond acceptors (Lipinski definition) is 2. The molecule has 0 bridgehead atoms. The van der Waals surface area contributed by atoms with Crippen molar-refractivity contribution in [2.24, 2.45) is 5.92 Å². The molecule has 0 amide bonds. The van der Waals surface area contributed by atoms with Crippen molar-refractivity contribution < 1.29 is 4.84 Å². The molecular formula is C14H23NO. The predicted octanol–water partition coefficient (Wildman–Crippen LogP) is 3.49. The van der Waals surface area contributed by atoms with Crippen LogP contribution in [-0.4, -0.2) is 6.61 Å². The molecule has 1 N–H and O–H groups in total. The first kappa shape index (κ1) is 13.2. The molecule has 0 saturated carbocycles. The van der Waals surface area contributed by atoms with E-state index in [1.807, 2.05) is 6.92 Å². The van der Waals surface area contributed by atoms with Crippen LogP contribution >= 0.6 is 0 Å². The lowest BCUT2D eigenvalue weighted by atomic mass is 10.0. The summed E-state index contributed by atoms with van der Waals surface area (Å²) in [7, 11) is 0. The molecule has 2 heteroatoms. The summed E-state index contributed by atoms with van der Waals surface area (Å²) in [6, 6.07) is 9.01. The number of nitrogens with one attached hydrogen (secondary N) is 1. The molecule has 0 aliphatic carbocycles. The SMILES string of the molecule is CCONC(C)c1ccc(CC(C)C)cc1. The van der Waals surface area contributed by atoms with Gasteiger partial charge in [0.15, 0.2) is 0 Å². The minimum absolute atomic E-state index is 0.244. The Labute approximate surface area is 99.0 Å². The minimum Gasteiger partial charge on any atom is -0.302 e. The molecule has 0 heterocycles. The molecular weight excluding hydrogens is 198 g/mol. The first-order chi connectivity index (χ1) is 7.63. The topological polar surface area (TPSA) is 21.3 Å². The third-order valence-corrected chi connectivity index (χ3v) is 2.53. The lowest BCUT2D eigenvalue weighted by molar-refractivity contribution is 0.0285. The third-order valence-electron chi connectivity index (χ3n) is 2.53. The molecule has 1 atom stereocenters. The maximum Gasteiger partial charge on any atom is 0.0654 e. The van der Waals surface area contributed by atoms with Gasteiger partial charge in [-0.1, -0.05) is 38.1 Å². The van der Waals surface area contributed by atoms with Crippen LogP contribution in [0.5, 0.6) is 0 Å². The first-order valence-corrected chi connectivity index (χ1v) is 6.09. The van der Waals surface area contributed by atoms with E-state index in [4.69, 9.17) is 4.84 Å². The van der Waals surface area contributed by atoms with Crippen LogP contribution in [0.2, 0.25) is 0 Å². The Hall–Kier alpha value is -0.860. The summed E-state index contributed by atoms with van der Waals surface area (Å²) in [5.41, 5.74) is 5.68.